The summed E-state index contributed by atoms with van der Waals surface area (Å²) in [5.74, 6) is 0.227. The molecule has 0 saturated heterocycles. The van der Waals surface area contributed by atoms with Gasteiger partial charge >= 0.3 is 5.97 Å². The highest BCUT2D eigenvalue weighted by atomic mass is 19.1. The fraction of sp³-hybridized carbons (Fsp3) is 0.342. The SMILES string of the molecule is C=C(C)CC(F)=C(C=CC)c1ccc2c(c1)C(C)C(C(=O)Nc1ccc(N(CCC)CCCCOc3cccc(C(=O)O)c3)nc1)O2. The zero-order valence-electron chi connectivity index (χ0n) is 27.6. The van der Waals surface area contributed by atoms with Gasteiger partial charge in [0.15, 0.2) is 6.10 Å². The number of ether oxygens (including phenoxy) is 2. The van der Waals surface area contributed by atoms with E-state index in [-0.39, 0.29) is 29.6 Å². The zero-order valence-corrected chi connectivity index (χ0v) is 27.6. The van der Waals surface area contributed by atoms with Gasteiger partial charge in [0.1, 0.15) is 23.1 Å². The summed E-state index contributed by atoms with van der Waals surface area (Å²) in [7, 11) is 0. The topological polar surface area (TPSA) is 101 Å². The number of allylic oxidation sites excluding steroid dienone is 5. The molecule has 2 N–H and O–H groups in total. The number of hydrogen-bond donors (Lipinski definition) is 2. The number of benzene rings is 2. The Bertz CT molecular complexity index is 1630. The van der Waals surface area contributed by atoms with E-state index in [1.54, 1.807) is 43.5 Å². The van der Waals surface area contributed by atoms with Crippen LogP contribution in [0.25, 0.3) is 5.57 Å². The van der Waals surface area contributed by atoms with Crippen LogP contribution < -0.4 is 19.7 Å². The molecule has 4 rings (SSSR count). The molecule has 2 unspecified atom stereocenters. The van der Waals surface area contributed by atoms with E-state index >= 15 is 4.39 Å². The lowest BCUT2D eigenvalue weighted by Crippen LogP contribution is -2.33. The van der Waals surface area contributed by atoms with Crippen LogP contribution in [0.1, 0.15) is 80.8 Å². The van der Waals surface area contributed by atoms with Gasteiger partial charge in [0.2, 0.25) is 0 Å². The van der Waals surface area contributed by atoms with Crippen molar-refractivity contribution in [3.05, 3.63) is 108 Å². The second-order valence-electron chi connectivity index (χ2n) is 11.8. The molecule has 8 nitrogen and oxygen atoms in total. The van der Waals surface area contributed by atoms with Crippen molar-refractivity contribution < 1.29 is 28.6 Å². The van der Waals surface area contributed by atoms with E-state index in [9.17, 15) is 9.59 Å². The van der Waals surface area contributed by atoms with Crippen LogP contribution in [0.5, 0.6) is 11.5 Å². The predicted octanol–water partition coefficient (Wildman–Crippen LogP) is 8.58. The maximum Gasteiger partial charge on any atom is 0.335 e. The number of fused-ring (bicyclic) bond motifs is 1. The van der Waals surface area contributed by atoms with Crippen LogP contribution in [-0.2, 0) is 4.79 Å². The molecule has 47 heavy (non-hydrogen) atoms. The molecule has 9 heteroatoms. The van der Waals surface area contributed by atoms with Gasteiger partial charge in [0.05, 0.1) is 24.1 Å². The highest BCUT2D eigenvalue weighted by molar-refractivity contribution is 5.95. The molecule has 0 bridgehead atoms. The van der Waals surface area contributed by atoms with E-state index in [0.717, 1.165) is 54.9 Å². The van der Waals surface area contributed by atoms with Gasteiger partial charge in [-0.05, 0) is 81.1 Å². The Balaban J connectivity index is 1.33. The third-order valence-corrected chi connectivity index (χ3v) is 7.87. The minimum atomic E-state index is -0.981. The minimum absolute atomic E-state index is 0.165. The van der Waals surface area contributed by atoms with Gasteiger partial charge in [-0.15, -0.1) is 0 Å². The first-order valence-electron chi connectivity index (χ1n) is 16.1. The molecule has 0 saturated carbocycles. The van der Waals surface area contributed by atoms with Gasteiger partial charge in [-0.3, -0.25) is 4.79 Å². The van der Waals surface area contributed by atoms with Crippen LogP contribution in [0.15, 0.2) is 90.9 Å². The van der Waals surface area contributed by atoms with E-state index < -0.39 is 12.1 Å². The fourth-order valence-corrected chi connectivity index (χ4v) is 5.52. The first-order valence-corrected chi connectivity index (χ1v) is 16.1. The number of carbonyl (C=O) groups excluding carboxylic acids is 1. The Kier molecular flexibility index (Phi) is 12.3. The van der Waals surface area contributed by atoms with Crippen molar-refractivity contribution >= 4 is 29.0 Å². The predicted molar refractivity (Wildman–Crippen MR) is 185 cm³/mol. The number of carboxylic acids is 1. The standard InChI is InChI=1S/C38H44FN3O5/c1-6-11-31(33(39)21-25(3)4)27-14-16-34-32(23-27)26(5)36(47-34)37(43)41-29-15-17-35(40-24-29)42(18-7-2)19-8-9-20-46-30-13-10-12-28(22-30)38(44)45/h6,10-17,22-24,26,36H,3,7-9,18-21H2,1-2,4-5H3,(H,41,43)(H,44,45). The number of pyridine rings is 1. The van der Waals surface area contributed by atoms with E-state index in [1.165, 1.54) is 12.1 Å². The molecule has 1 aliphatic heterocycles. The molecular weight excluding hydrogens is 597 g/mol. The fourth-order valence-electron chi connectivity index (χ4n) is 5.52. The summed E-state index contributed by atoms with van der Waals surface area (Å²) in [6, 6.07) is 15.7. The molecule has 2 heterocycles. The van der Waals surface area contributed by atoms with Crippen LogP contribution in [0, 0.1) is 0 Å². The third-order valence-electron chi connectivity index (χ3n) is 7.87. The number of carbonyl (C=O) groups is 2. The zero-order chi connectivity index (χ0) is 33.9. The summed E-state index contributed by atoms with van der Waals surface area (Å²) in [4.78, 5) is 31.3. The molecule has 0 fully saturated rings. The average molecular weight is 642 g/mol. The number of nitrogens with one attached hydrogen (secondary N) is 1. The number of anilines is 2. The first-order chi connectivity index (χ1) is 22.6. The lowest BCUT2D eigenvalue weighted by atomic mass is 9.92. The maximum atomic E-state index is 15.0. The normalized spacial score (nSPS) is 15.9. The third kappa shape index (κ3) is 9.31. The molecule has 0 radical (unpaired) electrons. The van der Waals surface area contributed by atoms with E-state index in [1.807, 2.05) is 38.1 Å². The van der Waals surface area contributed by atoms with Crippen LogP contribution in [0.4, 0.5) is 15.9 Å². The number of carboxylic acid groups (broad SMARTS) is 1. The molecular formula is C38H44FN3O5. The Morgan fingerprint density at radius 2 is 1.94 bits per heavy atom. The molecule has 2 aromatic carbocycles. The van der Waals surface area contributed by atoms with Crippen LogP contribution in [0.3, 0.4) is 0 Å². The van der Waals surface area contributed by atoms with Crippen molar-refractivity contribution in [2.75, 3.05) is 29.9 Å². The molecule has 1 amide bonds. The Labute approximate surface area is 276 Å². The molecule has 2 atom stereocenters. The smallest absolute Gasteiger partial charge is 0.335 e. The highest BCUT2D eigenvalue weighted by Crippen LogP contribution is 2.41. The maximum absolute atomic E-state index is 15.0. The van der Waals surface area contributed by atoms with Crippen LogP contribution in [-0.4, -0.2) is 47.8 Å². The number of amides is 1. The molecule has 1 aromatic heterocycles. The summed E-state index contributed by atoms with van der Waals surface area (Å²) < 4.78 is 26.8. The van der Waals surface area contributed by atoms with Crippen molar-refractivity contribution in [3.8, 4) is 11.5 Å². The Hall–Kier alpha value is -4.92. The highest BCUT2D eigenvalue weighted by Gasteiger charge is 2.36. The lowest BCUT2D eigenvalue weighted by Gasteiger charge is -2.23. The van der Waals surface area contributed by atoms with Gasteiger partial charge in [0, 0.05) is 36.6 Å². The van der Waals surface area contributed by atoms with Gasteiger partial charge < -0.3 is 24.8 Å². The summed E-state index contributed by atoms with van der Waals surface area (Å²) in [5.41, 5.74) is 3.59. The Morgan fingerprint density at radius 3 is 2.62 bits per heavy atom. The number of halogens is 1. The van der Waals surface area contributed by atoms with Gasteiger partial charge in [-0.1, -0.05) is 50.3 Å². The lowest BCUT2D eigenvalue weighted by molar-refractivity contribution is -0.122. The molecule has 3 aromatic rings. The minimum Gasteiger partial charge on any atom is -0.494 e. The van der Waals surface area contributed by atoms with Crippen LogP contribution >= 0.6 is 0 Å². The largest absolute Gasteiger partial charge is 0.494 e. The second kappa shape index (κ2) is 16.6. The summed E-state index contributed by atoms with van der Waals surface area (Å²) in [6.07, 6.45) is 7.25. The van der Waals surface area contributed by atoms with Crippen molar-refractivity contribution in [3.63, 3.8) is 0 Å². The van der Waals surface area contributed by atoms with E-state index in [2.05, 4.69) is 28.7 Å². The number of hydrogen-bond acceptors (Lipinski definition) is 6. The molecule has 248 valence electrons. The number of rotatable bonds is 16. The summed E-state index contributed by atoms with van der Waals surface area (Å²) >= 11 is 0. The van der Waals surface area contributed by atoms with Gasteiger partial charge in [-0.2, -0.15) is 0 Å². The van der Waals surface area contributed by atoms with E-state index in [4.69, 9.17) is 14.6 Å². The number of aromatic nitrogens is 1. The van der Waals surface area contributed by atoms with Crippen molar-refractivity contribution in [2.45, 2.75) is 65.4 Å². The summed E-state index contributed by atoms with van der Waals surface area (Å²) in [5, 5.41) is 12.1. The summed E-state index contributed by atoms with van der Waals surface area (Å²) in [6.45, 7) is 13.6. The molecule has 0 aliphatic carbocycles. The first kappa shape index (κ1) is 34.9. The monoisotopic (exact) mass is 641 g/mol. The van der Waals surface area contributed by atoms with Gasteiger partial charge in [-0.25, -0.2) is 14.2 Å². The van der Waals surface area contributed by atoms with Crippen molar-refractivity contribution in [1.82, 2.24) is 4.98 Å². The quantitative estimate of drug-likeness (QED) is 0.0918. The number of aromatic carboxylic acids is 1. The number of nitrogens with zero attached hydrogens (tertiary/aromatic N) is 2. The van der Waals surface area contributed by atoms with Crippen molar-refractivity contribution in [2.24, 2.45) is 0 Å². The molecule has 0 spiro atoms. The van der Waals surface area contributed by atoms with E-state index in [0.29, 0.717) is 29.4 Å². The second-order valence-corrected chi connectivity index (χ2v) is 11.8. The van der Waals surface area contributed by atoms with Gasteiger partial charge in [0.25, 0.3) is 5.91 Å². The average Bonchev–Trinajstić information content (AvgIpc) is 3.38. The van der Waals surface area contributed by atoms with Crippen molar-refractivity contribution in [1.29, 1.82) is 0 Å². The Morgan fingerprint density at radius 1 is 1.13 bits per heavy atom. The van der Waals surface area contributed by atoms with Crippen LogP contribution in [0.2, 0.25) is 0 Å². The molecule has 1 aliphatic rings. The number of unbranched alkanes of at least 4 members (excludes halogenated alkanes) is 1.